The van der Waals surface area contributed by atoms with Crippen LogP contribution in [0.3, 0.4) is 0 Å². The summed E-state index contributed by atoms with van der Waals surface area (Å²) in [5, 5.41) is 12.2. The Bertz CT molecular complexity index is 953. The number of amides is 1. The van der Waals surface area contributed by atoms with Crippen molar-refractivity contribution in [2.75, 3.05) is 5.73 Å². The molecule has 27 heavy (non-hydrogen) atoms. The molecule has 0 bridgehead atoms. The van der Waals surface area contributed by atoms with E-state index >= 15 is 0 Å². The monoisotopic (exact) mass is 430 g/mol. The second kappa shape index (κ2) is 8.24. The van der Waals surface area contributed by atoms with Crippen molar-refractivity contribution in [3.63, 3.8) is 0 Å². The molecule has 0 saturated carbocycles. The van der Waals surface area contributed by atoms with Gasteiger partial charge in [-0.15, -0.1) is 0 Å². The van der Waals surface area contributed by atoms with E-state index in [-0.39, 0.29) is 5.82 Å². The minimum Gasteiger partial charge on any atom is -0.382 e. The molecule has 0 saturated heterocycles. The lowest BCUT2D eigenvalue weighted by molar-refractivity contribution is 0.00652. The second-order valence-corrected chi connectivity index (χ2v) is 6.52. The maximum Gasteiger partial charge on any atom is 0.251 e. The Kier molecular flexibility index (Phi) is 5.78. The number of nitrogens with zero attached hydrogens (tertiary/aromatic N) is 2. The number of carbonyl (C=O) groups excluding carboxylic acids is 1. The Morgan fingerprint density at radius 2 is 1.81 bits per heavy atom. The van der Waals surface area contributed by atoms with Gasteiger partial charge in [-0.05, 0) is 33.6 Å². The van der Waals surface area contributed by atoms with E-state index in [1.165, 1.54) is 6.20 Å². The molecular weight excluding hydrogens is 415 g/mol. The number of nitrogen functional groups attached to an aromatic ring is 1. The van der Waals surface area contributed by atoms with Crippen molar-refractivity contribution < 1.29 is 14.3 Å². The lowest BCUT2D eigenvalue weighted by Gasteiger charge is -2.22. The maximum absolute atomic E-state index is 14.1. The number of hydrogen-bond acceptors (Lipinski definition) is 5. The molecule has 1 heterocycles. The van der Waals surface area contributed by atoms with Gasteiger partial charge in [-0.25, -0.2) is 14.4 Å². The van der Waals surface area contributed by atoms with Crippen LogP contribution in [0.5, 0.6) is 0 Å². The third-order valence-electron chi connectivity index (χ3n) is 3.92. The number of benzene rings is 2. The first kappa shape index (κ1) is 18.9. The van der Waals surface area contributed by atoms with Crippen molar-refractivity contribution >= 4 is 27.7 Å². The first-order valence-corrected chi connectivity index (χ1v) is 8.82. The van der Waals surface area contributed by atoms with Crippen molar-refractivity contribution in [3.05, 3.63) is 76.5 Å². The number of nitrogens with one attached hydrogen (secondary N) is 1. The standard InChI is InChI=1S/C19H16BrFN4O2/c20-14-10-23-18(22)16(24-14)13-9-5-4-8-12(13)15(17(21)26)25-19(27)11-6-2-1-3-7-11/h1-10,15,17,26H,(H2,22,23)(H,25,27)/t15-,17+/m0/s1. The quantitative estimate of drug-likeness (QED) is 0.576. The van der Waals surface area contributed by atoms with E-state index in [0.717, 1.165) is 0 Å². The molecule has 3 aromatic rings. The number of aromatic nitrogens is 2. The van der Waals surface area contributed by atoms with Gasteiger partial charge in [0.25, 0.3) is 5.91 Å². The van der Waals surface area contributed by atoms with Gasteiger partial charge in [0.2, 0.25) is 6.36 Å². The maximum atomic E-state index is 14.1. The van der Waals surface area contributed by atoms with Crippen molar-refractivity contribution in [2.24, 2.45) is 0 Å². The van der Waals surface area contributed by atoms with E-state index in [1.54, 1.807) is 54.6 Å². The van der Waals surface area contributed by atoms with Crippen LogP contribution >= 0.6 is 15.9 Å². The molecule has 3 rings (SSSR count). The molecule has 0 radical (unpaired) electrons. The normalized spacial score (nSPS) is 13.0. The Hall–Kier alpha value is -2.84. The average molecular weight is 431 g/mol. The molecule has 0 fully saturated rings. The zero-order chi connectivity index (χ0) is 19.4. The summed E-state index contributed by atoms with van der Waals surface area (Å²) in [6.45, 7) is 0. The predicted molar refractivity (Wildman–Crippen MR) is 103 cm³/mol. The van der Waals surface area contributed by atoms with Crippen LogP contribution in [0.4, 0.5) is 10.2 Å². The molecule has 4 N–H and O–H groups in total. The molecule has 2 atom stereocenters. The Labute approximate surface area is 163 Å². The van der Waals surface area contributed by atoms with Gasteiger partial charge in [0.1, 0.15) is 22.2 Å². The van der Waals surface area contributed by atoms with E-state index in [1.807, 2.05) is 0 Å². The van der Waals surface area contributed by atoms with Gasteiger partial charge in [-0.1, -0.05) is 42.5 Å². The highest BCUT2D eigenvalue weighted by atomic mass is 79.9. The van der Waals surface area contributed by atoms with Crippen LogP contribution in [0.2, 0.25) is 0 Å². The summed E-state index contributed by atoms with van der Waals surface area (Å²) in [5.41, 5.74) is 7.38. The summed E-state index contributed by atoms with van der Waals surface area (Å²) in [5.74, 6) is -0.368. The molecule has 0 aliphatic heterocycles. The highest BCUT2D eigenvalue weighted by Gasteiger charge is 2.27. The number of aliphatic hydroxyl groups excluding tert-OH is 1. The third kappa shape index (κ3) is 4.29. The molecule has 0 aliphatic carbocycles. The number of alkyl halides is 1. The third-order valence-corrected chi connectivity index (χ3v) is 4.30. The fraction of sp³-hybridized carbons (Fsp3) is 0.105. The molecule has 8 heteroatoms. The van der Waals surface area contributed by atoms with E-state index in [9.17, 15) is 14.3 Å². The summed E-state index contributed by atoms with van der Waals surface area (Å²) in [4.78, 5) is 20.8. The average Bonchev–Trinajstić information content (AvgIpc) is 2.68. The molecule has 6 nitrogen and oxygen atoms in total. The summed E-state index contributed by atoms with van der Waals surface area (Å²) in [7, 11) is 0. The van der Waals surface area contributed by atoms with Crippen LogP contribution in [0, 0.1) is 0 Å². The predicted octanol–water partition coefficient (Wildman–Crippen LogP) is 3.25. The number of anilines is 1. The summed E-state index contributed by atoms with van der Waals surface area (Å²) >= 11 is 3.23. The largest absolute Gasteiger partial charge is 0.382 e. The smallest absolute Gasteiger partial charge is 0.251 e. The van der Waals surface area contributed by atoms with E-state index in [4.69, 9.17) is 5.73 Å². The molecule has 0 aliphatic rings. The van der Waals surface area contributed by atoms with Crippen molar-refractivity contribution in [1.29, 1.82) is 0 Å². The fourth-order valence-electron chi connectivity index (χ4n) is 2.67. The lowest BCUT2D eigenvalue weighted by Crippen LogP contribution is -2.34. The number of rotatable bonds is 5. The van der Waals surface area contributed by atoms with Crippen molar-refractivity contribution in [1.82, 2.24) is 15.3 Å². The Balaban J connectivity index is 2.02. The van der Waals surface area contributed by atoms with Crippen LogP contribution in [0.15, 0.2) is 65.4 Å². The van der Waals surface area contributed by atoms with Gasteiger partial charge in [-0.2, -0.15) is 0 Å². The van der Waals surface area contributed by atoms with Gasteiger partial charge >= 0.3 is 0 Å². The van der Waals surface area contributed by atoms with Crippen LogP contribution in [-0.2, 0) is 0 Å². The van der Waals surface area contributed by atoms with E-state index in [0.29, 0.717) is 27.0 Å². The topological polar surface area (TPSA) is 101 Å². The second-order valence-electron chi connectivity index (χ2n) is 5.70. The van der Waals surface area contributed by atoms with Crippen LogP contribution < -0.4 is 11.1 Å². The van der Waals surface area contributed by atoms with Crippen molar-refractivity contribution in [3.8, 4) is 11.3 Å². The highest BCUT2D eigenvalue weighted by Crippen LogP contribution is 2.32. The van der Waals surface area contributed by atoms with Crippen molar-refractivity contribution in [2.45, 2.75) is 12.4 Å². The fourth-order valence-corrected chi connectivity index (χ4v) is 2.95. The summed E-state index contributed by atoms with van der Waals surface area (Å²) in [6.07, 6.45) is -0.889. The molecule has 1 aromatic heterocycles. The summed E-state index contributed by atoms with van der Waals surface area (Å²) < 4.78 is 14.5. The molecule has 138 valence electrons. The molecule has 1 amide bonds. The number of carbonyl (C=O) groups is 1. The minimum atomic E-state index is -2.33. The molecule has 0 spiro atoms. The number of aliphatic hydroxyl groups is 1. The number of nitrogens with two attached hydrogens (primary N) is 1. The lowest BCUT2D eigenvalue weighted by atomic mass is 9.97. The number of halogens is 2. The van der Waals surface area contributed by atoms with E-state index in [2.05, 4.69) is 31.2 Å². The van der Waals surface area contributed by atoms with Gasteiger partial charge in [-0.3, -0.25) is 4.79 Å². The first-order valence-electron chi connectivity index (χ1n) is 8.02. The van der Waals surface area contributed by atoms with Crippen LogP contribution in [0.25, 0.3) is 11.3 Å². The van der Waals surface area contributed by atoms with Crippen LogP contribution in [-0.4, -0.2) is 27.3 Å². The summed E-state index contributed by atoms with van der Waals surface area (Å²) in [6, 6.07) is 13.7. The molecular formula is C19H16BrFN4O2. The zero-order valence-electron chi connectivity index (χ0n) is 14.0. The highest BCUT2D eigenvalue weighted by molar-refractivity contribution is 9.10. The Morgan fingerprint density at radius 3 is 2.52 bits per heavy atom. The van der Waals surface area contributed by atoms with Gasteiger partial charge < -0.3 is 16.2 Å². The molecule has 0 unspecified atom stereocenters. The number of hydrogen-bond donors (Lipinski definition) is 3. The molecule has 2 aromatic carbocycles. The van der Waals surface area contributed by atoms with Crippen LogP contribution in [0.1, 0.15) is 22.0 Å². The van der Waals surface area contributed by atoms with Gasteiger partial charge in [0, 0.05) is 11.1 Å². The SMILES string of the molecule is Nc1ncc(Br)nc1-c1ccccc1[C@H](NC(=O)c1ccccc1)[C@@H](O)F. The zero-order valence-corrected chi connectivity index (χ0v) is 15.6. The minimum absolute atomic E-state index is 0.145. The Morgan fingerprint density at radius 1 is 1.15 bits per heavy atom. The van der Waals surface area contributed by atoms with Gasteiger partial charge in [0.05, 0.1) is 6.20 Å². The van der Waals surface area contributed by atoms with Gasteiger partial charge in [0.15, 0.2) is 0 Å². The first-order chi connectivity index (χ1) is 13.0. The van der Waals surface area contributed by atoms with E-state index < -0.39 is 18.3 Å².